The quantitative estimate of drug-likeness (QED) is 0.919. The van der Waals surface area contributed by atoms with Gasteiger partial charge in [-0.25, -0.2) is 0 Å². The van der Waals surface area contributed by atoms with Crippen LogP contribution in [0.15, 0.2) is 35.0 Å². The first-order valence-electron chi connectivity index (χ1n) is 7.81. The molecule has 0 aromatic carbocycles. The molecule has 3 rings (SSSR count). The van der Waals surface area contributed by atoms with Crippen LogP contribution in [0.2, 0.25) is 0 Å². The highest BCUT2D eigenvalue weighted by Crippen LogP contribution is 2.23. The molecule has 6 heteroatoms. The number of nitrogens with zero attached hydrogens (tertiary/aromatic N) is 1. The average molecular weight is 348 g/mol. The van der Waals surface area contributed by atoms with Gasteiger partial charge in [-0.05, 0) is 42.7 Å². The Balaban J connectivity index is 1.59. The van der Waals surface area contributed by atoms with E-state index in [1.807, 2.05) is 46.8 Å². The molecule has 0 unspecified atom stereocenters. The summed E-state index contributed by atoms with van der Waals surface area (Å²) in [6, 6.07) is 7.77. The summed E-state index contributed by atoms with van der Waals surface area (Å²) < 4.78 is 0. The Morgan fingerprint density at radius 3 is 2.74 bits per heavy atom. The zero-order chi connectivity index (χ0) is 16.2. The van der Waals surface area contributed by atoms with Gasteiger partial charge in [0.25, 0.3) is 5.91 Å². The van der Waals surface area contributed by atoms with Crippen LogP contribution in [-0.2, 0) is 4.79 Å². The largest absolute Gasteiger partial charge is 0.348 e. The number of nitrogens with one attached hydrogen (secondary N) is 1. The van der Waals surface area contributed by atoms with Crippen molar-refractivity contribution in [3.63, 3.8) is 0 Å². The summed E-state index contributed by atoms with van der Waals surface area (Å²) in [5.41, 5.74) is 0. The van der Waals surface area contributed by atoms with Gasteiger partial charge in [0, 0.05) is 18.0 Å². The molecule has 1 saturated heterocycles. The standard InChI is InChI=1S/C17H20N2O2S2/c1-12(14-6-3-9-22-14)18-16(20)13-5-2-8-19(11-13)17(21)15-7-4-10-23-15/h3-4,6-7,9-10,12-13H,2,5,8,11H2,1H3,(H,18,20)/t12-,13+/m1/s1. The molecule has 1 aliphatic heterocycles. The maximum atomic E-state index is 12.5. The minimum atomic E-state index is -0.116. The van der Waals surface area contributed by atoms with Crippen molar-refractivity contribution in [3.05, 3.63) is 44.8 Å². The van der Waals surface area contributed by atoms with Crippen LogP contribution in [0.25, 0.3) is 0 Å². The Morgan fingerprint density at radius 1 is 1.26 bits per heavy atom. The first-order valence-corrected chi connectivity index (χ1v) is 9.57. The van der Waals surface area contributed by atoms with Crippen LogP contribution in [0, 0.1) is 5.92 Å². The van der Waals surface area contributed by atoms with Gasteiger partial charge in [0.05, 0.1) is 16.8 Å². The van der Waals surface area contributed by atoms with Crippen LogP contribution < -0.4 is 5.32 Å². The fourth-order valence-electron chi connectivity index (χ4n) is 2.87. The first-order chi connectivity index (χ1) is 11.1. The van der Waals surface area contributed by atoms with Crippen LogP contribution in [0.4, 0.5) is 0 Å². The van der Waals surface area contributed by atoms with E-state index >= 15 is 0 Å². The normalized spacial score (nSPS) is 19.3. The highest BCUT2D eigenvalue weighted by Gasteiger charge is 2.29. The first kappa shape index (κ1) is 16.2. The third-order valence-corrected chi connectivity index (χ3v) is 6.05. The van der Waals surface area contributed by atoms with E-state index in [0.29, 0.717) is 6.54 Å². The second-order valence-corrected chi connectivity index (χ2v) is 7.74. The van der Waals surface area contributed by atoms with E-state index in [1.165, 1.54) is 11.3 Å². The van der Waals surface area contributed by atoms with Crippen molar-refractivity contribution in [2.24, 2.45) is 5.92 Å². The summed E-state index contributed by atoms with van der Waals surface area (Å²) in [5, 5.41) is 7.00. The second-order valence-electron chi connectivity index (χ2n) is 5.81. The van der Waals surface area contributed by atoms with E-state index in [4.69, 9.17) is 0 Å². The van der Waals surface area contributed by atoms with Gasteiger partial charge in [0.1, 0.15) is 0 Å². The Bertz CT molecular complexity index is 652. The smallest absolute Gasteiger partial charge is 0.263 e. The van der Waals surface area contributed by atoms with Gasteiger partial charge in [-0.2, -0.15) is 0 Å². The fourth-order valence-corrected chi connectivity index (χ4v) is 4.30. The highest BCUT2D eigenvalue weighted by atomic mass is 32.1. The Kier molecular flexibility index (Phi) is 5.13. The van der Waals surface area contributed by atoms with E-state index < -0.39 is 0 Å². The third kappa shape index (κ3) is 3.82. The maximum Gasteiger partial charge on any atom is 0.263 e. The highest BCUT2D eigenvalue weighted by molar-refractivity contribution is 7.12. The van der Waals surface area contributed by atoms with Crippen molar-refractivity contribution in [2.75, 3.05) is 13.1 Å². The third-order valence-electron chi connectivity index (χ3n) is 4.14. The van der Waals surface area contributed by atoms with E-state index in [0.717, 1.165) is 29.1 Å². The van der Waals surface area contributed by atoms with Gasteiger partial charge in [-0.15, -0.1) is 22.7 Å². The molecular formula is C17H20N2O2S2. The molecule has 0 aliphatic carbocycles. The van der Waals surface area contributed by atoms with Crippen molar-refractivity contribution in [1.82, 2.24) is 10.2 Å². The van der Waals surface area contributed by atoms with Gasteiger partial charge in [0.15, 0.2) is 0 Å². The summed E-state index contributed by atoms with van der Waals surface area (Å²) in [4.78, 5) is 28.7. The molecule has 0 spiro atoms. The van der Waals surface area contributed by atoms with Crippen molar-refractivity contribution in [1.29, 1.82) is 0 Å². The molecule has 0 radical (unpaired) electrons. The average Bonchev–Trinajstić information content (AvgIpc) is 3.27. The molecule has 2 aromatic heterocycles. The van der Waals surface area contributed by atoms with Crippen molar-refractivity contribution >= 4 is 34.5 Å². The summed E-state index contributed by atoms with van der Waals surface area (Å²) >= 11 is 3.10. The molecule has 2 aromatic rings. The molecule has 122 valence electrons. The summed E-state index contributed by atoms with van der Waals surface area (Å²) in [7, 11) is 0. The van der Waals surface area contributed by atoms with Gasteiger partial charge < -0.3 is 10.2 Å². The molecular weight excluding hydrogens is 328 g/mol. The minimum Gasteiger partial charge on any atom is -0.348 e. The molecule has 2 atom stereocenters. The zero-order valence-corrected chi connectivity index (χ0v) is 14.7. The van der Waals surface area contributed by atoms with Crippen LogP contribution in [0.5, 0.6) is 0 Å². The van der Waals surface area contributed by atoms with E-state index in [9.17, 15) is 9.59 Å². The molecule has 1 aliphatic rings. The minimum absolute atomic E-state index is 0.0193. The number of thiophene rings is 2. The van der Waals surface area contributed by atoms with Gasteiger partial charge in [-0.3, -0.25) is 9.59 Å². The summed E-state index contributed by atoms with van der Waals surface area (Å²) in [6.07, 6.45) is 1.72. The number of hydrogen-bond donors (Lipinski definition) is 1. The Morgan fingerprint density at radius 2 is 2.04 bits per heavy atom. The molecule has 0 bridgehead atoms. The van der Waals surface area contributed by atoms with Crippen molar-refractivity contribution in [2.45, 2.75) is 25.8 Å². The number of hydrogen-bond acceptors (Lipinski definition) is 4. The fraction of sp³-hybridized carbons (Fsp3) is 0.412. The van der Waals surface area contributed by atoms with Crippen molar-refractivity contribution < 1.29 is 9.59 Å². The second kappa shape index (κ2) is 7.27. The van der Waals surface area contributed by atoms with E-state index in [2.05, 4.69) is 5.32 Å². The lowest BCUT2D eigenvalue weighted by Gasteiger charge is -2.32. The number of piperidine rings is 1. The van der Waals surface area contributed by atoms with Gasteiger partial charge >= 0.3 is 0 Å². The molecule has 1 fully saturated rings. The number of amides is 2. The molecule has 2 amide bonds. The summed E-state index contributed by atoms with van der Waals surface area (Å²) in [6.45, 7) is 3.25. The Labute approximate surface area is 144 Å². The van der Waals surface area contributed by atoms with E-state index in [1.54, 1.807) is 11.3 Å². The van der Waals surface area contributed by atoms with Gasteiger partial charge in [-0.1, -0.05) is 12.1 Å². The van der Waals surface area contributed by atoms with Crippen LogP contribution >= 0.6 is 22.7 Å². The Hall–Kier alpha value is -1.66. The zero-order valence-electron chi connectivity index (χ0n) is 13.0. The van der Waals surface area contributed by atoms with Crippen molar-refractivity contribution in [3.8, 4) is 0 Å². The molecule has 0 saturated carbocycles. The lowest BCUT2D eigenvalue weighted by Crippen LogP contribution is -2.45. The summed E-state index contributed by atoms with van der Waals surface area (Å²) in [5.74, 6) is -0.0199. The van der Waals surface area contributed by atoms with Crippen LogP contribution in [0.3, 0.4) is 0 Å². The molecule has 3 heterocycles. The number of rotatable bonds is 4. The van der Waals surface area contributed by atoms with Crippen LogP contribution in [0.1, 0.15) is 40.4 Å². The molecule has 23 heavy (non-hydrogen) atoms. The monoisotopic (exact) mass is 348 g/mol. The SMILES string of the molecule is C[C@@H](NC(=O)[C@H]1CCCN(C(=O)c2cccs2)C1)c1cccs1. The lowest BCUT2D eigenvalue weighted by atomic mass is 9.96. The maximum absolute atomic E-state index is 12.5. The predicted molar refractivity (Wildman–Crippen MR) is 93.8 cm³/mol. The molecule has 1 N–H and O–H groups in total. The molecule has 4 nitrogen and oxygen atoms in total. The lowest BCUT2D eigenvalue weighted by molar-refractivity contribution is -0.126. The topological polar surface area (TPSA) is 49.4 Å². The number of carbonyl (C=O) groups excluding carboxylic acids is 2. The number of carbonyl (C=O) groups is 2. The number of likely N-dealkylation sites (tertiary alicyclic amines) is 1. The van der Waals surface area contributed by atoms with Crippen LogP contribution in [-0.4, -0.2) is 29.8 Å². The predicted octanol–water partition coefficient (Wildman–Crippen LogP) is 3.54. The van der Waals surface area contributed by atoms with Gasteiger partial charge in [0.2, 0.25) is 5.91 Å². The van der Waals surface area contributed by atoms with E-state index in [-0.39, 0.29) is 23.8 Å².